The summed E-state index contributed by atoms with van der Waals surface area (Å²) in [6.07, 6.45) is 2.73. The Bertz CT molecular complexity index is 217. The van der Waals surface area contributed by atoms with Crippen molar-refractivity contribution in [3.05, 3.63) is 0 Å². The number of unbranched alkanes of at least 4 members (excludes halogenated alkanes) is 1. The number of amides is 1. The molecule has 1 amide bonds. The van der Waals surface area contributed by atoms with Crippen LogP contribution in [0, 0.1) is 5.92 Å². The van der Waals surface area contributed by atoms with Gasteiger partial charge in [0.15, 0.2) is 5.78 Å². The summed E-state index contributed by atoms with van der Waals surface area (Å²) in [6.45, 7) is 5.72. The maximum atomic E-state index is 11.6. The lowest BCUT2D eigenvalue weighted by molar-refractivity contribution is -0.129. The summed E-state index contributed by atoms with van der Waals surface area (Å²) < 4.78 is 0. The van der Waals surface area contributed by atoms with Crippen LogP contribution in [0.5, 0.6) is 0 Å². The van der Waals surface area contributed by atoms with Gasteiger partial charge in [0.1, 0.15) is 0 Å². The van der Waals surface area contributed by atoms with E-state index in [-0.39, 0.29) is 23.7 Å². The third-order valence-electron chi connectivity index (χ3n) is 2.51. The first-order valence-electron chi connectivity index (χ1n) is 5.50. The Balaban J connectivity index is 3.83. The Kier molecular flexibility index (Phi) is 6.96. The zero-order valence-corrected chi connectivity index (χ0v) is 9.88. The van der Waals surface area contributed by atoms with Crippen LogP contribution in [0.2, 0.25) is 0 Å². The maximum absolute atomic E-state index is 11.6. The quantitative estimate of drug-likeness (QED) is 0.617. The molecule has 0 heterocycles. The second-order valence-corrected chi connectivity index (χ2v) is 4.03. The van der Waals surface area contributed by atoms with Crippen molar-refractivity contribution in [1.29, 1.82) is 0 Å². The van der Waals surface area contributed by atoms with Gasteiger partial charge in [-0.15, -0.1) is 0 Å². The minimum Gasteiger partial charge on any atom is -0.346 e. The Morgan fingerprint density at radius 1 is 1.27 bits per heavy atom. The lowest BCUT2D eigenvalue weighted by atomic mass is 10.0. The lowest BCUT2D eigenvalue weighted by Gasteiger charge is -2.15. The Morgan fingerprint density at radius 3 is 2.33 bits per heavy atom. The van der Waals surface area contributed by atoms with E-state index in [2.05, 4.69) is 5.32 Å². The van der Waals surface area contributed by atoms with Crippen LogP contribution in [0.25, 0.3) is 0 Å². The Morgan fingerprint density at radius 2 is 1.87 bits per heavy atom. The van der Waals surface area contributed by atoms with Crippen LogP contribution in [0.15, 0.2) is 0 Å². The monoisotopic (exact) mass is 214 g/mol. The van der Waals surface area contributed by atoms with E-state index in [4.69, 9.17) is 5.73 Å². The third-order valence-corrected chi connectivity index (χ3v) is 2.51. The molecule has 4 nitrogen and oxygen atoms in total. The highest BCUT2D eigenvalue weighted by atomic mass is 16.2. The van der Waals surface area contributed by atoms with Crippen molar-refractivity contribution < 1.29 is 9.59 Å². The molecule has 0 aromatic heterocycles. The lowest BCUT2D eigenvalue weighted by Crippen LogP contribution is -2.40. The number of rotatable bonds is 7. The highest BCUT2D eigenvalue weighted by Crippen LogP contribution is 2.07. The number of nitrogens with one attached hydrogen (secondary N) is 1. The van der Waals surface area contributed by atoms with Gasteiger partial charge >= 0.3 is 0 Å². The maximum Gasteiger partial charge on any atom is 0.223 e. The van der Waals surface area contributed by atoms with E-state index in [1.54, 1.807) is 6.92 Å². The Hall–Kier alpha value is -0.900. The summed E-state index contributed by atoms with van der Waals surface area (Å²) in [5.74, 6) is -0.106. The zero-order chi connectivity index (χ0) is 11.8. The zero-order valence-electron chi connectivity index (χ0n) is 9.88. The van der Waals surface area contributed by atoms with Crippen molar-refractivity contribution in [1.82, 2.24) is 5.32 Å². The van der Waals surface area contributed by atoms with Gasteiger partial charge in [0.05, 0.1) is 6.04 Å². The second kappa shape index (κ2) is 7.40. The molecule has 4 heteroatoms. The van der Waals surface area contributed by atoms with Gasteiger partial charge < -0.3 is 11.1 Å². The summed E-state index contributed by atoms with van der Waals surface area (Å²) in [6, 6.07) is -0.380. The molecule has 0 radical (unpaired) electrons. The van der Waals surface area contributed by atoms with Crippen molar-refractivity contribution in [2.24, 2.45) is 11.7 Å². The molecular weight excluding hydrogens is 192 g/mol. The predicted octanol–water partition coefficient (Wildman–Crippen LogP) is 0.845. The average Bonchev–Trinajstić information content (AvgIpc) is 2.17. The summed E-state index contributed by atoms with van der Waals surface area (Å²) in [7, 11) is 0. The molecule has 0 aromatic rings. The molecule has 88 valence electrons. The molecule has 0 spiro atoms. The number of hydrogen-bond acceptors (Lipinski definition) is 3. The fourth-order valence-corrected chi connectivity index (χ4v) is 1.18. The first kappa shape index (κ1) is 14.1. The van der Waals surface area contributed by atoms with Gasteiger partial charge in [0, 0.05) is 5.92 Å². The van der Waals surface area contributed by atoms with Crippen LogP contribution in [-0.4, -0.2) is 24.3 Å². The molecule has 0 rings (SSSR count). The van der Waals surface area contributed by atoms with Gasteiger partial charge in [0.25, 0.3) is 0 Å². The number of carbonyl (C=O) groups excluding carboxylic acids is 2. The first-order chi connectivity index (χ1) is 6.99. The molecular formula is C11H22N2O2. The van der Waals surface area contributed by atoms with E-state index in [1.165, 1.54) is 6.92 Å². The predicted molar refractivity (Wildman–Crippen MR) is 60.4 cm³/mol. The van der Waals surface area contributed by atoms with E-state index in [9.17, 15) is 9.59 Å². The molecule has 0 aliphatic rings. The van der Waals surface area contributed by atoms with Crippen LogP contribution in [0.3, 0.4) is 0 Å². The molecule has 15 heavy (non-hydrogen) atoms. The standard InChI is InChI=1S/C11H22N2O2/c1-8(6-4-5-7-12)11(15)13-9(2)10(3)14/h8-9H,4-7,12H2,1-3H3,(H,13,15)/t8-,9-/m0/s1. The van der Waals surface area contributed by atoms with Crippen molar-refractivity contribution in [2.45, 2.75) is 46.1 Å². The van der Waals surface area contributed by atoms with Crippen LogP contribution < -0.4 is 11.1 Å². The van der Waals surface area contributed by atoms with Gasteiger partial charge in [-0.1, -0.05) is 13.3 Å². The van der Waals surface area contributed by atoms with Crippen molar-refractivity contribution in [2.75, 3.05) is 6.54 Å². The minimum atomic E-state index is -0.380. The fraction of sp³-hybridized carbons (Fsp3) is 0.818. The van der Waals surface area contributed by atoms with Crippen LogP contribution >= 0.6 is 0 Å². The molecule has 0 fully saturated rings. The summed E-state index contributed by atoms with van der Waals surface area (Å²) in [5.41, 5.74) is 5.37. The van der Waals surface area contributed by atoms with Gasteiger partial charge in [-0.2, -0.15) is 0 Å². The van der Waals surface area contributed by atoms with Gasteiger partial charge in [0.2, 0.25) is 5.91 Å². The van der Waals surface area contributed by atoms with E-state index in [1.807, 2.05) is 6.92 Å². The van der Waals surface area contributed by atoms with Crippen LogP contribution in [-0.2, 0) is 9.59 Å². The smallest absolute Gasteiger partial charge is 0.223 e. The van der Waals surface area contributed by atoms with Crippen molar-refractivity contribution >= 4 is 11.7 Å². The molecule has 0 bridgehead atoms. The average molecular weight is 214 g/mol. The van der Waals surface area contributed by atoms with Gasteiger partial charge in [-0.3, -0.25) is 9.59 Å². The summed E-state index contributed by atoms with van der Waals surface area (Å²) in [4.78, 5) is 22.5. The second-order valence-electron chi connectivity index (χ2n) is 4.03. The van der Waals surface area contributed by atoms with Crippen molar-refractivity contribution in [3.8, 4) is 0 Å². The number of hydrogen-bond donors (Lipinski definition) is 2. The number of nitrogens with two attached hydrogens (primary N) is 1. The minimum absolute atomic E-state index is 0.0162. The van der Waals surface area contributed by atoms with Crippen LogP contribution in [0.4, 0.5) is 0 Å². The summed E-state index contributed by atoms with van der Waals surface area (Å²) in [5, 5.41) is 2.69. The highest BCUT2D eigenvalue weighted by Gasteiger charge is 2.16. The van der Waals surface area contributed by atoms with Crippen LogP contribution in [0.1, 0.15) is 40.0 Å². The molecule has 3 N–H and O–H groups in total. The van der Waals surface area contributed by atoms with E-state index < -0.39 is 0 Å². The highest BCUT2D eigenvalue weighted by molar-refractivity contribution is 5.87. The van der Waals surface area contributed by atoms with E-state index in [0.29, 0.717) is 6.54 Å². The topological polar surface area (TPSA) is 72.2 Å². The van der Waals surface area contributed by atoms with Gasteiger partial charge in [-0.25, -0.2) is 0 Å². The number of carbonyl (C=O) groups is 2. The molecule has 0 saturated heterocycles. The molecule has 0 unspecified atom stereocenters. The molecule has 0 saturated carbocycles. The third kappa shape index (κ3) is 6.23. The Labute approximate surface area is 91.6 Å². The van der Waals surface area contributed by atoms with E-state index >= 15 is 0 Å². The summed E-state index contributed by atoms with van der Waals surface area (Å²) >= 11 is 0. The number of ketones is 1. The molecule has 0 aliphatic carbocycles. The number of Topliss-reactive ketones (excluding diaryl/α,β-unsaturated/α-hetero) is 1. The largest absolute Gasteiger partial charge is 0.346 e. The van der Waals surface area contributed by atoms with Gasteiger partial charge in [-0.05, 0) is 33.2 Å². The normalized spacial score (nSPS) is 14.4. The van der Waals surface area contributed by atoms with E-state index in [0.717, 1.165) is 19.3 Å². The molecule has 2 atom stereocenters. The van der Waals surface area contributed by atoms with Crippen molar-refractivity contribution in [3.63, 3.8) is 0 Å². The SMILES string of the molecule is CC(=O)[C@H](C)NC(=O)[C@@H](C)CCCCN. The molecule has 0 aliphatic heterocycles. The first-order valence-corrected chi connectivity index (χ1v) is 5.50. The molecule has 0 aromatic carbocycles. The fourth-order valence-electron chi connectivity index (χ4n) is 1.18.